The Labute approximate surface area is 152 Å². The zero-order valence-electron chi connectivity index (χ0n) is 13.5. The Kier molecular flexibility index (Phi) is 4.24. The van der Waals surface area contributed by atoms with Crippen LogP contribution >= 0.6 is 11.8 Å². The lowest BCUT2D eigenvalue weighted by Gasteiger charge is -2.06. The van der Waals surface area contributed by atoms with Crippen molar-refractivity contribution in [1.82, 2.24) is 9.88 Å². The Hall–Kier alpha value is -2.67. The minimum absolute atomic E-state index is 0.188. The number of carbonyl (C=O) groups is 2. The van der Waals surface area contributed by atoms with E-state index in [2.05, 4.69) is 5.32 Å². The van der Waals surface area contributed by atoms with Gasteiger partial charge in [-0.2, -0.15) is 0 Å². The van der Waals surface area contributed by atoms with E-state index in [4.69, 9.17) is 0 Å². The number of hydrogen-bond acceptors (Lipinski definition) is 3. The van der Waals surface area contributed by atoms with E-state index in [-0.39, 0.29) is 10.4 Å². The molecule has 1 atom stereocenters. The van der Waals surface area contributed by atoms with Gasteiger partial charge in [-0.1, -0.05) is 24.3 Å². The van der Waals surface area contributed by atoms with Crippen LogP contribution < -0.4 is 5.32 Å². The standard InChI is InChI=1S/C19H14F2N2O2S/c20-14-6-5-11(7-15(14)21)9-23-10-12(13-3-1-2-4-17(13)23)8-16-18(24)26-19(25)22-16/h1-7,10,16H,8-9H2,(H,22,25). The molecule has 7 heteroatoms. The molecule has 0 saturated carbocycles. The van der Waals surface area contributed by atoms with Crippen molar-refractivity contribution in [2.45, 2.75) is 19.0 Å². The number of fused-ring (bicyclic) bond motifs is 1. The Morgan fingerprint density at radius 2 is 1.88 bits per heavy atom. The fourth-order valence-electron chi connectivity index (χ4n) is 3.20. The van der Waals surface area contributed by atoms with Crippen LogP contribution in [0.15, 0.2) is 48.7 Å². The van der Waals surface area contributed by atoms with Crippen molar-refractivity contribution in [3.05, 3.63) is 71.4 Å². The third kappa shape index (κ3) is 3.10. The lowest BCUT2D eigenvalue weighted by Crippen LogP contribution is -2.30. The number of halogens is 2. The number of nitrogens with one attached hydrogen (secondary N) is 1. The van der Waals surface area contributed by atoms with E-state index in [0.29, 0.717) is 30.3 Å². The van der Waals surface area contributed by atoms with E-state index in [1.165, 1.54) is 6.07 Å². The van der Waals surface area contributed by atoms with E-state index >= 15 is 0 Å². The van der Waals surface area contributed by atoms with Crippen LogP contribution in [-0.4, -0.2) is 21.0 Å². The smallest absolute Gasteiger partial charge is 0.287 e. The second-order valence-electron chi connectivity index (χ2n) is 6.16. The molecule has 0 bridgehead atoms. The van der Waals surface area contributed by atoms with Crippen molar-refractivity contribution in [1.29, 1.82) is 0 Å². The summed E-state index contributed by atoms with van der Waals surface area (Å²) in [5, 5.41) is 3.11. The summed E-state index contributed by atoms with van der Waals surface area (Å²) in [6, 6.07) is 11.0. The molecule has 1 fully saturated rings. The molecule has 1 N–H and O–H groups in total. The van der Waals surface area contributed by atoms with Crippen LogP contribution in [-0.2, 0) is 17.8 Å². The number of hydrogen-bond donors (Lipinski definition) is 1. The van der Waals surface area contributed by atoms with Gasteiger partial charge in [-0.3, -0.25) is 9.59 Å². The minimum atomic E-state index is -0.879. The van der Waals surface area contributed by atoms with Gasteiger partial charge in [0.2, 0.25) is 5.12 Å². The molecule has 0 aliphatic carbocycles. The summed E-state index contributed by atoms with van der Waals surface area (Å²) in [6.45, 7) is 0.372. The van der Waals surface area contributed by atoms with E-state index < -0.39 is 17.7 Å². The fourth-order valence-corrected chi connectivity index (χ4v) is 3.87. The number of rotatable bonds is 4. The van der Waals surface area contributed by atoms with Crippen LogP contribution in [0.1, 0.15) is 11.1 Å². The van der Waals surface area contributed by atoms with E-state index in [1.807, 2.05) is 35.0 Å². The predicted molar refractivity (Wildman–Crippen MR) is 96.0 cm³/mol. The van der Waals surface area contributed by atoms with Crippen LogP contribution in [0.3, 0.4) is 0 Å². The third-order valence-electron chi connectivity index (χ3n) is 4.40. The first-order chi connectivity index (χ1) is 12.5. The SMILES string of the molecule is O=C1NC(Cc2cn(Cc3ccc(F)c(F)c3)c3ccccc23)C(=O)S1. The zero-order valence-corrected chi connectivity index (χ0v) is 14.4. The molecule has 1 saturated heterocycles. The summed E-state index contributed by atoms with van der Waals surface area (Å²) >= 11 is 0.693. The van der Waals surface area contributed by atoms with Gasteiger partial charge in [-0.25, -0.2) is 8.78 Å². The normalized spacial score (nSPS) is 17.1. The van der Waals surface area contributed by atoms with Crippen LogP contribution in [0.2, 0.25) is 0 Å². The zero-order chi connectivity index (χ0) is 18.3. The first kappa shape index (κ1) is 16.8. The minimum Gasteiger partial charge on any atom is -0.343 e. The van der Waals surface area contributed by atoms with Crippen molar-refractivity contribution >= 4 is 33.0 Å². The lowest BCUT2D eigenvalue weighted by molar-refractivity contribution is -0.112. The number of para-hydroxylation sites is 1. The van der Waals surface area contributed by atoms with Crippen molar-refractivity contribution in [2.24, 2.45) is 0 Å². The van der Waals surface area contributed by atoms with E-state index in [0.717, 1.165) is 22.5 Å². The van der Waals surface area contributed by atoms with Crippen LogP contribution in [0.5, 0.6) is 0 Å². The highest BCUT2D eigenvalue weighted by Crippen LogP contribution is 2.26. The third-order valence-corrected chi connectivity index (χ3v) is 5.19. The number of amides is 1. The summed E-state index contributed by atoms with van der Waals surface area (Å²) < 4.78 is 28.6. The molecule has 1 amide bonds. The highest BCUT2D eigenvalue weighted by Gasteiger charge is 2.32. The maximum absolute atomic E-state index is 13.5. The molecular formula is C19H14F2N2O2S. The summed E-state index contributed by atoms with van der Waals surface area (Å²) in [4.78, 5) is 23.3. The average Bonchev–Trinajstić information content (AvgIpc) is 3.11. The molecule has 4 nitrogen and oxygen atoms in total. The Morgan fingerprint density at radius 1 is 1.08 bits per heavy atom. The molecule has 3 aromatic rings. The summed E-state index contributed by atoms with van der Waals surface area (Å²) in [5.74, 6) is -1.75. The van der Waals surface area contributed by atoms with Gasteiger partial charge in [0.1, 0.15) is 6.04 Å². The molecule has 132 valence electrons. The van der Waals surface area contributed by atoms with Gasteiger partial charge >= 0.3 is 0 Å². The Morgan fingerprint density at radius 3 is 2.62 bits per heavy atom. The highest BCUT2D eigenvalue weighted by molar-refractivity contribution is 8.26. The van der Waals surface area contributed by atoms with Crippen molar-refractivity contribution < 1.29 is 18.4 Å². The number of benzene rings is 2. The monoisotopic (exact) mass is 372 g/mol. The Bertz CT molecular complexity index is 1030. The van der Waals surface area contributed by atoms with Crippen molar-refractivity contribution in [3.63, 3.8) is 0 Å². The topological polar surface area (TPSA) is 51.1 Å². The number of thioether (sulfide) groups is 1. The van der Waals surface area contributed by atoms with Crippen molar-refractivity contribution in [3.8, 4) is 0 Å². The largest absolute Gasteiger partial charge is 0.343 e. The van der Waals surface area contributed by atoms with Gasteiger partial charge < -0.3 is 9.88 Å². The molecule has 2 heterocycles. The van der Waals surface area contributed by atoms with Crippen LogP contribution in [0.25, 0.3) is 10.9 Å². The molecular weight excluding hydrogens is 358 g/mol. The van der Waals surface area contributed by atoms with Gasteiger partial charge in [0.25, 0.3) is 5.24 Å². The predicted octanol–water partition coefficient (Wildman–Crippen LogP) is 3.86. The first-order valence-electron chi connectivity index (χ1n) is 8.04. The summed E-state index contributed by atoms with van der Waals surface area (Å²) in [6.07, 6.45) is 2.29. The molecule has 0 spiro atoms. The van der Waals surface area contributed by atoms with Crippen LogP contribution in [0, 0.1) is 11.6 Å². The lowest BCUT2D eigenvalue weighted by atomic mass is 10.1. The second-order valence-corrected chi connectivity index (χ2v) is 7.13. The molecule has 2 aromatic carbocycles. The van der Waals surface area contributed by atoms with Gasteiger partial charge in [0.05, 0.1) is 0 Å². The Balaban J connectivity index is 1.68. The molecule has 1 unspecified atom stereocenters. The van der Waals surface area contributed by atoms with Gasteiger partial charge in [0.15, 0.2) is 11.6 Å². The molecule has 1 aliphatic heterocycles. The number of carbonyl (C=O) groups excluding carboxylic acids is 2. The summed E-state index contributed by atoms with van der Waals surface area (Å²) in [5.41, 5.74) is 2.48. The maximum Gasteiger partial charge on any atom is 0.287 e. The second kappa shape index (κ2) is 6.57. The maximum atomic E-state index is 13.5. The number of aromatic nitrogens is 1. The highest BCUT2D eigenvalue weighted by atomic mass is 32.2. The van der Waals surface area contributed by atoms with E-state index in [1.54, 1.807) is 6.07 Å². The average molecular weight is 372 g/mol. The summed E-state index contributed by atoms with van der Waals surface area (Å²) in [7, 11) is 0. The molecule has 26 heavy (non-hydrogen) atoms. The number of nitrogens with zero attached hydrogens (tertiary/aromatic N) is 1. The molecule has 1 aromatic heterocycles. The van der Waals surface area contributed by atoms with Crippen LogP contribution in [0.4, 0.5) is 13.6 Å². The van der Waals surface area contributed by atoms with Gasteiger partial charge in [0, 0.05) is 41.8 Å². The first-order valence-corrected chi connectivity index (χ1v) is 8.86. The quantitative estimate of drug-likeness (QED) is 0.757. The van der Waals surface area contributed by atoms with Crippen molar-refractivity contribution in [2.75, 3.05) is 0 Å². The van der Waals surface area contributed by atoms with Gasteiger partial charge in [-0.15, -0.1) is 0 Å². The molecule has 0 radical (unpaired) electrons. The fraction of sp³-hybridized carbons (Fsp3) is 0.158. The molecule has 1 aliphatic rings. The van der Waals surface area contributed by atoms with Gasteiger partial charge in [-0.05, 0) is 29.3 Å². The molecule has 4 rings (SSSR count). The van der Waals surface area contributed by atoms with E-state index in [9.17, 15) is 18.4 Å².